The van der Waals surface area contributed by atoms with E-state index < -0.39 is 10.8 Å². The van der Waals surface area contributed by atoms with Crippen LogP contribution in [0.5, 0.6) is 0 Å². The van der Waals surface area contributed by atoms with Crippen molar-refractivity contribution < 1.29 is 14.4 Å². The first-order chi connectivity index (χ1) is 19.4. The average Bonchev–Trinajstić information content (AvgIpc) is 3.39. The Bertz CT molecular complexity index is 1970. The highest BCUT2D eigenvalue weighted by Crippen LogP contribution is 2.26. The molecule has 2 aromatic heterocycles. The molecular weight excluding hydrogens is 546 g/mol. The van der Waals surface area contributed by atoms with Crippen molar-refractivity contribution in [3.05, 3.63) is 129 Å². The van der Waals surface area contributed by atoms with Gasteiger partial charge in [0.25, 0.3) is 11.2 Å². The molecule has 0 amide bonds. The van der Waals surface area contributed by atoms with E-state index in [1.54, 1.807) is 54.6 Å². The number of nitrogens with zero attached hydrogens (tertiary/aromatic N) is 5. The number of hydrogen-bond acceptors (Lipinski definition) is 8. The highest BCUT2D eigenvalue weighted by Gasteiger charge is 2.26. The number of benzene rings is 4. The third-order valence-electron chi connectivity index (χ3n) is 6.26. The largest absolute Gasteiger partial charge is 0.449 e. The molecule has 0 N–H and O–H groups in total. The van der Waals surface area contributed by atoms with E-state index in [-0.39, 0.29) is 15.6 Å². The lowest BCUT2D eigenvalue weighted by Crippen LogP contribution is -2.46. The number of carbonyl (C=O) groups is 1. The second-order valence-electron chi connectivity index (χ2n) is 8.70. The van der Waals surface area contributed by atoms with E-state index in [4.69, 9.17) is 17.6 Å². The topological polar surface area (TPSA) is 112 Å². The standard InChI is InChI=1S/C29H17N5O4S2/c35-26(33-28(40-29(39)31-33)20-12-16-22(17-13-20)34(37)38)19-10-14-21(15-11-19)32-25(18-6-2-1-3-7-18)30-24-9-5-4-8-23(24)27(32)36/h1-17H. The van der Waals surface area contributed by atoms with Crippen molar-refractivity contribution in [2.75, 3.05) is 0 Å². The summed E-state index contributed by atoms with van der Waals surface area (Å²) >= 11 is 6.37. The molecule has 4 aromatic carbocycles. The zero-order valence-corrected chi connectivity index (χ0v) is 22.1. The highest BCUT2D eigenvalue weighted by atomic mass is 32.2. The minimum absolute atomic E-state index is 0.0615. The molecule has 0 bridgehead atoms. The molecule has 0 atom stereocenters. The number of non-ortho nitro benzene ring substituents is 1. The maximum atomic E-state index is 13.6. The summed E-state index contributed by atoms with van der Waals surface area (Å²) in [5.41, 5.74) is 2.51. The summed E-state index contributed by atoms with van der Waals surface area (Å²) < 4.78 is 2.98. The quantitative estimate of drug-likeness (QED) is 0.126. The van der Waals surface area contributed by atoms with Crippen LogP contribution in [0.25, 0.3) is 38.5 Å². The van der Waals surface area contributed by atoms with Crippen molar-refractivity contribution in [3.63, 3.8) is 0 Å². The molecule has 6 rings (SSSR count). The number of aromatic nitrogens is 4. The van der Waals surface area contributed by atoms with Gasteiger partial charge in [-0.2, -0.15) is 0 Å². The molecular formula is C29H17N5O4S2. The number of carbonyl (C=O) groups excluding carboxylic acids is 1. The van der Waals surface area contributed by atoms with Gasteiger partial charge in [0.2, 0.25) is 5.01 Å². The highest BCUT2D eigenvalue weighted by molar-refractivity contribution is 7.62. The van der Waals surface area contributed by atoms with Crippen LogP contribution in [0, 0.1) is 10.1 Å². The molecule has 0 aliphatic carbocycles. The van der Waals surface area contributed by atoms with Crippen molar-refractivity contribution in [1.29, 1.82) is 0 Å². The number of nitro groups is 1. The van der Waals surface area contributed by atoms with Gasteiger partial charge in [0.15, 0.2) is 0 Å². The molecule has 6 aromatic rings. The Balaban J connectivity index is 1.41. The molecule has 0 radical (unpaired) electrons. The zero-order valence-electron chi connectivity index (χ0n) is 20.5. The lowest BCUT2D eigenvalue weighted by atomic mass is 10.1. The first-order valence-corrected chi connectivity index (χ1v) is 13.2. The van der Waals surface area contributed by atoms with Crippen molar-refractivity contribution in [3.8, 4) is 27.6 Å². The third-order valence-corrected chi connectivity index (χ3v) is 7.45. The van der Waals surface area contributed by atoms with E-state index in [0.717, 1.165) is 16.9 Å². The lowest BCUT2D eigenvalue weighted by Gasteiger charge is -2.14. The Morgan fingerprint density at radius 3 is 2.25 bits per heavy atom. The summed E-state index contributed by atoms with van der Waals surface area (Å²) in [4.78, 5) is 42.4. The van der Waals surface area contributed by atoms with Crippen LogP contribution >= 0.6 is 11.3 Å². The van der Waals surface area contributed by atoms with Gasteiger partial charge in [0.1, 0.15) is 5.82 Å². The fraction of sp³-hybridized carbons (Fsp3) is 0. The number of para-hydroxylation sites is 1. The summed E-state index contributed by atoms with van der Waals surface area (Å²) in [6, 6.07) is 29.0. The first kappa shape index (κ1) is 25.2. The van der Waals surface area contributed by atoms with Gasteiger partial charge in [-0.1, -0.05) is 42.5 Å². The first-order valence-electron chi connectivity index (χ1n) is 12.0. The Kier molecular flexibility index (Phi) is 6.42. The van der Waals surface area contributed by atoms with Crippen LogP contribution in [0.3, 0.4) is 0 Å². The predicted molar refractivity (Wildman–Crippen MR) is 153 cm³/mol. The molecule has 0 saturated heterocycles. The molecule has 0 fully saturated rings. The Labute approximate surface area is 236 Å². The Morgan fingerprint density at radius 1 is 0.875 bits per heavy atom. The fourth-order valence-corrected chi connectivity index (χ4v) is 5.42. The van der Waals surface area contributed by atoms with Crippen LogP contribution in [0.1, 0.15) is 10.4 Å². The van der Waals surface area contributed by atoms with Crippen LogP contribution in [0.15, 0.2) is 112 Å². The van der Waals surface area contributed by atoms with Crippen LogP contribution in [0.4, 0.5) is 5.69 Å². The van der Waals surface area contributed by atoms with Crippen molar-refractivity contribution in [1.82, 2.24) is 14.6 Å². The van der Waals surface area contributed by atoms with E-state index >= 15 is 0 Å². The van der Waals surface area contributed by atoms with E-state index in [0.29, 0.717) is 38.5 Å². The maximum Gasteiger partial charge on any atom is 0.449 e. The van der Waals surface area contributed by atoms with E-state index in [1.807, 2.05) is 36.4 Å². The predicted octanol–water partition coefficient (Wildman–Crippen LogP) is 4.97. The summed E-state index contributed by atoms with van der Waals surface area (Å²) in [5.74, 6) is 0.0491. The Morgan fingerprint density at radius 2 is 1.55 bits per heavy atom. The molecule has 11 heteroatoms. The zero-order chi connectivity index (χ0) is 27.8. The number of hydrogen-bond donors (Lipinski definition) is 0. The second kappa shape index (κ2) is 10.2. The van der Waals surface area contributed by atoms with Gasteiger partial charge in [-0.25, -0.2) is 9.78 Å². The van der Waals surface area contributed by atoms with Crippen LogP contribution in [-0.4, -0.2) is 25.5 Å². The van der Waals surface area contributed by atoms with Gasteiger partial charge in [0.05, 0.1) is 27.1 Å². The van der Waals surface area contributed by atoms with E-state index in [1.165, 1.54) is 21.4 Å². The van der Waals surface area contributed by atoms with Gasteiger partial charge >= 0.3 is 5.91 Å². The molecule has 0 aliphatic rings. The molecule has 40 heavy (non-hydrogen) atoms. The maximum absolute atomic E-state index is 13.6. The lowest BCUT2D eigenvalue weighted by molar-refractivity contribution is -0.621. The minimum Gasteiger partial charge on any atom is -0.402 e. The van der Waals surface area contributed by atoms with Gasteiger partial charge < -0.3 is 12.6 Å². The molecule has 9 nitrogen and oxygen atoms in total. The van der Waals surface area contributed by atoms with Crippen LogP contribution < -0.4 is 10.2 Å². The number of nitro benzene ring substituents is 1. The van der Waals surface area contributed by atoms with Crippen LogP contribution in [0.2, 0.25) is 0 Å². The molecule has 0 spiro atoms. The third kappa shape index (κ3) is 4.53. The van der Waals surface area contributed by atoms with Crippen molar-refractivity contribution >= 4 is 46.5 Å². The van der Waals surface area contributed by atoms with Crippen molar-refractivity contribution in [2.24, 2.45) is 0 Å². The summed E-state index contributed by atoms with van der Waals surface area (Å²) in [7, 11) is 0. The minimum atomic E-state index is -0.491. The SMILES string of the molecule is O=C(c1ccc(-n2c(-c3ccccc3)nc3ccccc3c2=O)cc1)[n+]1nc([S-])sc1-c1ccc([N+](=O)[O-])cc1. The monoisotopic (exact) mass is 563 g/mol. The molecule has 0 aliphatic heterocycles. The molecule has 2 heterocycles. The second-order valence-corrected chi connectivity index (χ2v) is 10.3. The van der Waals surface area contributed by atoms with E-state index in [9.17, 15) is 19.7 Å². The van der Waals surface area contributed by atoms with Crippen molar-refractivity contribution in [2.45, 2.75) is 4.34 Å². The Hall–Kier alpha value is -5.13. The van der Waals surface area contributed by atoms with Gasteiger partial charge in [-0.15, -0.1) is 0 Å². The molecule has 0 unspecified atom stereocenters. The van der Waals surface area contributed by atoms with Crippen LogP contribution in [-0.2, 0) is 12.6 Å². The summed E-state index contributed by atoms with van der Waals surface area (Å²) in [6.07, 6.45) is 0. The van der Waals surface area contributed by atoms with E-state index in [2.05, 4.69) is 5.10 Å². The smallest absolute Gasteiger partial charge is 0.402 e. The average molecular weight is 564 g/mol. The van der Waals surface area contributed by atoms with Gasteiger partial charge in [0, 0.05) is 27.6 Å². The number of fused-ring (bicyclic) bond motifs is 1. The van der Waals surface area contributed by atoms with Gasteiger partial charge in [-0.3, -0.25) is 30.8 Å². The fourth-order valence-electron chi connectivity index (χ4n) is 4.35. The summed E-state index contributed by atoms with van der Waals surface area (Å²) in [6.45, 7) is 0. The molecule has 194 valence electrons. The van der Waals surface area contributed by atoms with Gasteiger partial charge in [-0.05, 0) is 58.3 Å². The summed E-state index contributed by atoms with van der Waals surface area (Å²) in [5, 5.41) is 16.2. The number of rotatable bonds is 5. The molecule has 0 saturated carbocycles. The normalized spacial score (nSPS) is 11.0.